The molecular weight excluding hydrogens is 644 g/mol. The van der Waals surface area contributed by atoms with E-state index < -0.39 is 62.7 Å². The van der Waals surface area contributed by atoms with Crippen LogP contribution >= 0.6 is 35.0 Å². The van der Waals surface area contributed by atoms with Gasteiger partial charge in [0.15, 0.2) is 0 Å². The molecule has 1 atom stereocenters. The average molecular weight is 668 g/mol. The Labute approximate surface area is 256 Å². The molecule has 0 unspecified atom stereocenters. The van der Waals surface area contributed by atoms with Gasteiger partial charge in [0.2, 0.25) is 5.82 Å². The van der Waals surface area contributed by atoms with E-state index in [0.29, 0.717) is 6.07 Å². The monoisotopic (exact) mass is 667 g/mol. The maximum atomic E-state index is 13.0. The smallest absolute Gasteiger partial charge is 0.408 e. The second-order valence-corrected chi connectivity index (χ2v) is 10.8. The highest BCUT2D eigenvalue weighted by Crippen LogP contribution is 2.35. The minimum absolute atomic E-state index is 0.0277. The Kier molecular flexibility index (Phi) is 13.6. The van der Waals surface area contributed by atoms with E-state index in [9.17, 15) is 48.9 Å². The predicted molar refractivity (Wildman–Crippen MR) is 150 cm³/mol. The van der Waals surface area contributed by atoms with Gasteiger partial charge in [-0.1, -0.05) is 23.2 Å². The minimum Gasteiger partial charge on any atom is -0.480 e. The van der Waals surface area contributed by atoms with E-state index in [4.69, 9.17) is 27.9 Å². The van der Waals surface area contributed by atoms with Gasteiger partial charge in [-0.3, -0.25) is 20.2 Å². The number of carboxylic acids is 1. The number of thioether (sulfide) groups is 1. The molecule has 0 heterocycles. The summed E-state index contributed by atoms with van der Waals surface area (Å²) in [7, 11) is 2.20. The molecule has 0 saturated carbocycles. The number of benzene rings is 2. The molecule has 2 aromatic carbocycles. The fourth-order valence-electron chi connectivity index (χ4n) is 2.81. The third-order valence-corrected chi connectivity index (χ3v) is 6.45. The molecule has 0 aromatic heterocycles. The molecule has 0 fully saturated rings. The largest absolute Gasteiger partial charge is 0.480 e. The number of carboxylic acid groups (broad SMARTS) is 1. The summed E-state index contributed by atoms with van der Waals surface area (Å²) in [6, 6.07) is 2.19. The molecule has 2 rings (SSSR count). The molecule has 19 heteroatoms. The van der Waals surface area contributed by atoms with Gasteiger partial charge < -0.3 is 24.6 Å². The fourth-order valence-corrected chi connectivity index (χ4v) is 4.40. The van der Waals surface area contributed by atoms with Gasteiger partial charge >= 0.3 is 29.7 Å². The first-order valence-electron chi connectivity index (χ1n) is 11.5. The fraction of sp³-hybridized carbons (Fsp3) is 0.333. The number of hydrogen-bond donors (Lipinski definition) is 2. The normalized spacial score (nSPS) is 11.3. The number of halogens is 3. The Bertz CT molecular complexity index is 1440. The number of methoxy groups -OCH3 is 2. The van der Waals surface area contributed by atoms with Gasteiger partial charge in [0, 0.05) is 24.0 Å². The summed E-state index contributed by atoms with van der Waals surface area (Å²) in [6.45, 7) is 4.85. The van der Waals surface area contributed by atoms with Crippen LogP contribution in [0.3, 0.4) is 0 Å². The van der Waals surface area contributed by atoms with Gasteiger partial charge in [-0.05, 0) is 26.8 Å². The number of nitrogens with one attached hydrogen (secondary N) is 1. The molecule has 43 heavy (non-hydrogen) atoms. The number of ether oxygens (including phenoxy) is 3. The Morgan fingerprint density at radius 1 is 0.953 bits per heavy atom. The third-order valence-electron chi connectivity index (χ3n) is 4.68. The number of carbonyl (C=O) groups excluding carboxylic acids is 3. The minimum atomic E-state index is -1.38. The maximum Gasteiger partial charge on any atom is 0.408 e. The van der Waals surface area contributed by atoms with Crippen molar-refractivity contribution in [1.82, 2.24) is 5.32 Å². The van der Waals surface area contributed by atoms with Crippen molar-refractivity contribution in [3.05, 3.63) is 71.5 Å². The zero-order chi connectivity index (χ0) is 33.2. The van der Waals surface area contributed by atoms with Gasteiger partial charge in [-0.25, -0.2) is 19.2 Å². The number of nitrogens with zero attached hydrogens (tertiary/aromatic N) is 2. The lowest BCUT2D eigenvalue weighted by Crippen LogP contribution is -2.44. The van der Waals surface area contributed by atoms with Gasteiger partial charge in [-0.2, -0.15) is 4.39 Å². The van der Waals surface area contributed by atoms with Crippen molar-refractivity contribution in [2.24, 2.45) is 0 Å². The number of hydrogen-bond acceptors (Lipinski definition) is 12. The second-order valence-electron chi connectivity index (χ2n) is 8.93. The Morgan fingerprint density at radius 3 is 1.84 bits per heavy atom. The van der Waals surface area contributed by atoms with Gasteiger partial charge in [0.05, 0.1) is 50.1 Å². The van der Waals surface area contributed by atoms with E-state index in [-0.39, 0.29) is 31.8 Å². The number of esters is 2. The zero-order valence-electron chi connectivity index (χ0n) is 23.0. The van der Waals surface area contributed by atoms with Crippen LogP contribution in [0, 0.1) is 26.0 Å². The topological polar surface area (TPSA) is 215 Å². The van der Waals surface area contributed by atoms with Crippen LogP contribution in [0.2, 0.25) is 10.0 Å². The molecule has 0 aliphatic heterocycles. The first-order valence-corrected chi connectivity index (χ1v) is 13.2. The first kappa shape index (κ1) is 36.8. The quantitative estimate of drug-likeness (QED) is 0.115. The van der Waals surface area contributed by atoms with Crippen molar-refractivity contribution in [1.29, 1.82) is 0 Å². The summed E-state index contributed by atoms with van der Waals surface area (Å²) in [5.41, 5.74) is -2.53. The van der Waals surface area contributed by atoms with Crippen LogP contribution < -0.4 is 5.32 Å². The SMILES string of the molecule is COC(=O)c1cc([N+](=O)[O-])c(F)cc1Cl.COC(=O)c1cc([N+](=O)[O-])c(SC[C@H](NC(=O)OC(C)(C)C)C(=O)O)cc1Cl. The molecule has 0 aliphatic carbocycles. The molecule has 1 amide bonds. The summed E-state index contributed by atoms with van der Waals surface area (Å²) in [4.78, 5) is 65.9. The number of carbonyl (C=O) groups is 4. The van der Waals surface area contributed by atoms with Crippen LogP contribution in [0.15, 0.2) is 29.2 Å². The van der Waals surface area contributed by atoms with Crippen LogP contribution in [0.4, 0.5) is 20.6 Å². The number of alkyl carbamates (subject to hydrolysis) is 1. The molecule has 15 nitrogen and oxygen atoms in total. The average Bonchev–Trinajstić information content (AvgIpc) is 2.89. The molecule has 0 saturated heterocycles. The van der Waals surface area contributed by atoms with Crippen molar-refractivity contribution >= 4 is 70.3 Å². The zero-order valence-corrected chi connectivity index (χ0v) is 25.3. The van der Waals surface area contributed by atoms with Gasteiger partial charge in [0.1, 0.15) is 11.6 Å². The van der Waals surface area contributed by atoms with Crippen molar-refractivity contribution < 1.29 is 52.7 Å². The van der Waals surface area contributed by atoms with Crippen molar-refractivity contribution in [2.75, 3.05) is 20.0 Å². The van der Waals surface area contributed by atoms with Crippen molar-refractivity contribution in [2.45, 2.75) is 37.3 Å². The third kappa shape index (κ3) is 11.2. The van der Waals surface area contributed by atoms with E-state index in [0.717, 1.165) is 38.1 Å². The predicted octanol–water partition coefficient (Wildman–Crippen LogP) is 5.28. The van der Waals surface area contributed by atoms with E-state index in [1.54, 1.807) is 20.8 Å². The maximum absolute atomic E-state index is 13.0. The Balaban J connectivity index is 0.000000517. The van der Waals surface area contributed by atoms with Crippen molar-refractivity contribution in [3.8, 4) is 0 Å². The number of aliphatic carboxylic acids is 1. The van der Waals surface area contributed by atoms with Crippen LogP contribution in [0.1, 0.15) is 41.5 Å². The number of nitro benzene ring substituents is 2. The molecule has 0 radical (unpaired) electrons. The molecule has 2 N–H and O–H groups in total. The summed E-state index contributed by atoms with van der Waals surface area (Å²) >= 11 is 12.3. The van der Waals surface area contributed by atoms with Gasteiger partial charge in [-0.15, -0.1) is 11.8 Å². The molecule has 0 aliphatic rings. The second kappa shape index (κ2) is 15.9. The molecule has 234 valence electrons. The number of amides is 1. The lowest BCUT2D eigenvalue weighted by atomic mass is 10.2. The van der Waals surface area contributed by atoms with Crippen LogP contribution in [-0.2, 0) is 19.0 Å². The van der Waals surface area contributed by atoms with Crippen molar-refractivity contribution in [3.63, 3.8) is 0 Å². The van der Waals surface area contributed by atoms with E-state index >= 15 is 0 Å². The highest BCUT2D eigenvalue weighted by Gasteiger charge is 2.27. The van der Waals surface area contributed by atoms with Crippen LogP contribution in [0.5, 0.6) is 0 Å². The summed E-state index contributed by atoms with van der Waals surface area (Å²) in [5.74, 6) is -4.40. The van der Waals surface area contributed by atoms with Crippen LogP contribution in [0.25, 0.3) is 0 Å². The Morgan fingerprint density at radius 2 is 1.42 bits per heavy atom. The number of nitro groups is 2. The lowest BCUT2D eigenvalue weighted by molar-refractivity contribution is -0.387. The highest BCUT2D eigenvalue weighted by molar-refractivity contribution is 7.99. The highest BCUT2D eigenvalue weighted by atomic mass is 35.5. The standard InChI is InChI=1S/C16H19ClN2O8S.C8H5ClFNO4/c1-16(2,3)27-15(23)18-10(13(20)21)7-28-12-6-9(17)8(14(22)26-4)5-11(12)19(24)25;1-15-8(12)4-2-7(11(13)14)6(10)3-5(4)9/h5-6,10H,7H2,1-4H3,(H,18,23)(H,20,21);2-3H,1H3/t10-;/m0./s1. The summed E-state index contributed by atoms with van der Waals surface area (Å²) < 4.78 is 26.8. The molecule has 2 aromatic rings. The lowest BCUT2D eigenvalue weighted by Gasteiger charge is -2.21. The van der Waals surface area contributed by atoms with E-state index in [2.05, 4.69) is 14.8 Å². The molecule has 0 spiro atoms. The van der Waals surface area contributed by atoms with E-state index in [1.165, 1.54) is 6.07 Å². The first-order chi connectivity index (χ1) is 19.8. The number of rotatable bonds is 9. The molecule has 0 bridgehead atoms. The summed E-state index contributed by atoms with van der Waals surface area (Å²) in [6.07, 6.45) is -0.936. The van der Waals surface area contributed by atoms with Gasteiger partial charge in [0.25, 0.3) is 5.69 Å². The summed E-state index contributed by atoms with van der Waals surface area (Å²) in [5, 5.41) is 32.8. The Hall–Kier alpha value is -4.22. The molecular formula is C24H24Cl2FN3O12S. The van der Waals surface area contributed by atoms with E-state index in [1.807, 2.05) is 0 Å². The van der Waals surface area contributed by atoms with Crippen LogP contribution in [-0.4, -0.2) is 70.6 Å².